The third kappa shape index (κ3) is 7.41. The van der Waals surface area contributed by atoms with E-state index in [1.807, 2.05) is 31.2 Å². The number of aryl methyl sites for hydroxylation is 2. The molecule has 3 aromatic carbocycles. The smallest absolute Gasteiger partial charge is 0.398 e. The third-order valence-electron chi connectivity index (χ3n) is 7.26. The molecule has 1 nitrogen and oxygen atoms in total. The Labute approximate surface area is 219 Å². The minimum absolute atomic E-state index is 0.156. The molecule has 0 spiro atoms. The molecule has 0 aliphatic heterocycles. The summed E-state index contributed by atoms with van der Waals surface area (Å²) in [5, 5.41) is 0. The summed E-state index contributed by atoms with van der Waals surface area (Å²) in [6.45, 7) is 3.91. The van der Waals surface area contributed by atoms with Gasteiger partial charge < -0.3 is 4.74 Å². The Bertz CT molecular complexity index is 1210. The summed E-state index contributed by atoms with van der Waals surface area (Å²) >= 11 is 0. The van der Waals surface area contributed by atoms with Gasteiger partial charge >= 0.3 is 6.11 Å². The molecule has 0 atom stereocenters. The Morgan fingerprint density at radius 3 is 2.11 bits per heavy atom. The molecule has 1 saturated carbocycles. The molecule has 0 N–H and O–H groups in total. The van der Waals surface area contributed by atoms with Crippen LogP contribution in [0.2, 0.25) is 0 Å². The summed E-state index contributed by atoms with van der Waals surface area (Å²) in [6.07, 6.45) is 2.45. The summed E-state index contributed by atoms with van der Waals surface area (Å²) in [6, 6.07) is 20.4. The van der Waals surface area contributed by atoms with E-state index in [0.29, 0.717) is 23.8 Å². The number of ether oxygens (including phenoxy) is 1. The number of halogens is 3. The molecule has 0 saturated heterocycles. The summed E-state index contributed by atoms with van der Waals surface area (Å²) in [7, 11) is 0. The lowest BCUT2D eigenvalue weighted by molar-refractivity contribution is -0.180. The zero-order valence-corrected chi connectivity index (χ0v) is 21.7. The molecule has 0 aromatic heterocycles. The maximum atomic E-state index is 14.4. The highest BCUT2D eigenvalue weighted by Gasteiger charge is 2.31. The maximum Gasteiger partial charge on any atom is 0.398 e. The first-order chi connectivity index (χ1) is 17.9. The van der Waals surface area contributed by atoms with Crippen LogP contribution in [-0.4, -0.2) is 6.11 Å². The van der Waals surface area contributed by atoms with Gasteiger partial charge in [-0.1, -0.05) is 74.4 Å². The van der Waals surface area contributed by atoms with E-state index in [1.165, 1.54) is 43.4 Å². The first-order valence-electron chi connectivity index (χ1n) is 13.4. The lowest BCUT2D eigenvalue weighted by atomic mass is 9.78. The van der Waals surface area contributed by atoms with E-state index in [0.717, 1.165) is 29.2 Å². The summed E-state index contributed by atoms with van der Waals surface area (Å²) in [5.74, 6) is 7.10. The SMILES string of the molecule is CCC#CC1CCC(c2ccc(-c3ccc(CCC(F)(F)Oc4ccc(CC)c(F)c4)cc3)cc2)CC1. The van der Waals surface area contributed by atoms with Crippen LogP contribution >= 0.6 is 0 Å². The number of alkyl halides is 2. The van der Waals surface area contributed by atoms with Crippen molar-refractivity contribution in [2.24, 2.45) is 5.92 Å². The molecule has 1 aliphatic rings. The maximum absolute atomic E-state index is 14.4. The van der Waals surface area contributed by atoms with E-state index in [-0.39, 0.29) is 12.2 Å². The van der Waals surface area contributed by atoms with Crippen LogP contribution in [0.5, 0.6) is 5.75 Å². The van der Waals surface area contributed by atoms with Crippen molar-refractivity contribution < 1.29 is 17.9 Å². The zero-order chi connectivity index (χ0) is 26.3. The van der Waals surface area contributed by atoms with Crippen LogP contribution in [0.15, 0.2) is 66.7 Å². The Balaban J connectivity index is 1.30. The van der Waals surface area contributed by atoms with Crippen LogP contribution in [0.3, 0.4) is 0 Å². The van der Waals surface area contributed by atoms with E-state index in [2.05, 4.69) is 43.0 Å². The lowest BCUT2D eigenvalue weighted by Gasteiger charge is -2.26. The summed E-state index contributed by atoms with van der Waals surface area (Å²) < 4.78 is 47.4. The monoisotopic (exact) mass is 504 g/mol. The van der Waals surface area contributed by atoms with Crippen molar-refractivity contribution in [3.8, 4) is 28.7 Å². The molecular weight excluding hydrogens is 469 g/mol. The zero-order valence-electron chi connectivity index (χ0n) is 21.7. The molecule has 1 fully saturated rings. The van der Waals surface area contributed by atoms with Gasteiger partial charge in [0.05, 0.1) is 6.42 Å². The fraction of sp³-hybridized carbons (Fsp3) is 0.394. The van der Waals surface area contributed by atoms with Crippen molar-refractivity contribution in [1.29, 1.82) is 0 Å². The van der Waals surface area contributed by atoms with Crippen LogP contribution in [0, 0.1) is 23.6 Å². The summed E-state index contributed by atoms with van der Waals surface area (Å²) in [5.41, 5.74) is 4.84. The highest BCUT2D eigenvalue weighted by atomic mass is 19.3. The van der Waals surface area contributed by atoms with Gasteiger partial charge in [-0.05, 0) is 78.3 Å². The van der Waals surface area contributed by atoms with Crippen LogP contribution in [0.1, 0.15) is 75.0 Å². The first-order valence-corrected chi connectivity index (χ1v) is 13.4. The Morgan fingerprint density at radius 1 is 0.865 bits per heavy atom. The highest BCUT2D eigenvalue weighted by Crippen LogP contribution is 2.36. The van der Waals surface area contributed by atoms with Gasteiger partial charge in [-0.25, -0.2) is 4.39 Å². The standard InChI is InChI=1S/C33H35F3O/c1-3-5-6-24-7-11-27(12-8-24)29-15-17-30(18-16-29)28-13-9-25(10-14-28)21-22-33(35,36)37-31-20-19-26(4-2)32(34)23-31/h9-10,13-20,23-24,27H,3-4,7-8,11-12,21-22H2,1-2H3. The van der Waals surface area contributed by atoms with Gasteiger partial charge in [0.25, 0.3) is 0 Å². The molecule has 4 rings (SSSR count). The van der Waals surface area contributed by atoms with Gasteiger partial charge in [0.2, 0.25) is 0 Å². The fourth-order valence-corrected chi connectivity index (χ4v) is 5.02. The highest BCUT2D eigenvalue weighted by molar-refractivity contribution is 5.64. The summed E-state index contributed by atoms with van der Waals surface area (Å²) in [4.78, 5) is 0. The van der Waals surface area contributed by atoms with Gasteiger partial charge in [0, 0.05) is 18.4 Å². The first kappa shape index (κ1) is 26.9. The number of hydrogen-bond donors (Lipinski definition) is 0. The molecule has 3 aromatic rings. The number of hydrogen-bond acceptors (Lipinski definition) is 1. The molecule has 194 valence electrons. The van der Waals surface area contributed by atoms with Crippen molar-refractivity contribution in [2.75, 3.05) is 0 Å². The van der Waals surface area contributed by atoms with Crippen molar-refractivity contribution >= 4 is 0 Å². The Morgan fingerprint density at radius 2 is 1.51 bits per heavy atom. The Kier molecular flexibility index (Phi) is 8.98. The molecule has 0 unspecified atom stereocenters. The predicted molar refractivity (Wildman–Crippen MR) is 144 cm³/mol. The van der Waals surface area contributed by atoms with Crippen molar-refractivity contribution in [1.82, 2.24) is 0 Å². The van der Waals surface area contributed by atoms with Crippen LogP contribution in [0.25, 0.3) is 11.1 Å². The average Bonchev–Trinajstić information content (AvgIpc) is 2.91. The second-order valence-corrected chi connectivity index (χ2v) is 9.89. The van der Waals surface area contributed by atoms with Crippen LogP contribution in [0.4, 0.5) is 13.2 Å². The molecule has 37 heavy (non-hydrogen) atoms. The largest absolute Gasteiger partial charge is 0.432 e. The number of benzene rings is 3. The molecule has 0 heterocycles. The van der Waals surface area contributed by atoms with Gasteiger partial charge in [0.1, 0.15) is 11.6 Å². The van der Waals surface area contributed by atoms with Crippen LogP contribution < -0.4 is 4.74 Å². The van der Waals surface area contributed by atoms with Gasteiger partial charge in [-0.15, -0.1) is 5.92 Å². The minimum atomic E-state index is -3.38. The van der Waals surface area contributed by atoms with Gasteiger partial charge in [0.15, 0.2) is 0 Å². The van der Waals surface area contributed by atoms with Gasteiger partial charge in [-0.3, -0.25) is 0 Å². The fourth-order valence-electron chi connectivity index (χ4n) is 5.02. The van der Waals surface area contributed by atoms with E-state index in [1.54, 1.807) is 0 Å². The minimum Gasteiger partial charge on any atom is -0.432 e. The molecule has 0 radical (unpaired) electrons. The topological polar surface area (TPSA) is 9.23 Å². The van der Waals surface area contributed by atoms with Crippen molar-refractivity contribution in [3.63, 3.8) is 0 Å². The second kappa shape index (κ2) is 12.4. The molecular formula is C33H35F3O. The second-order valence-electron chi connectivity index (χ2n) is 9.89. The molecule has 0 bridgehead atoms. The van der Waals surface area contributed by atoms with Crippen molar-refractivity contribution in [3.05, 3.63) is 89.2 Å². The van der Waals surface area contributed by atoms with E-state index in [4.69, 9.17) is 4.74 Å². The normalized spacial score (nSPS) is 17.6. The van der Waals surface area contributed by atoms with Gasteiger partial charge in [-0.2, -0.15) is 8.78 Å². The van der Waals surface area contributed by atoms with E-state index < -0.39 is 18.3 Å². The van der Waals surface area contributed by atoms with Crippen molar-refractivity contribution in [2.45, 2.75) is 77.2 Å². The third-order valence-corrected chi connectivity index (χ3v) is 7.26. The number of rotatable bonds is 8. The average molecular weight is 505 g/mol. The lowest BCUT2D eigenvalue weighted by Crippen LogP contribution is -2.25. The molecule has 1 aliphatic carbocycles. The molecule has 0 amide bonds. The van der Waals surface area contributed by atoms with E-state index >= 15 is 0 Å². The Hall–Kier alpha value is -3.19. The van der Waals surface area contributed by atoms with Crippen LogP contribution in [-0.2, 0) is 12.8 Å². The molecule has 4 heteroatoms. The van der Waals surface area contributed by atoms with E-state index in [9.17, 15) is 13.2 Å². The predicted octanol–water partition coefficient (Wildman–Crippen LogP) is 9.35. The quantitative estimate of drug-likeness (QED) is 0.278.